The molecule has 0 radical (unpaired) electrons. The van der Waals surface area contributed by atoms with Crippen LogP contribution in [0.25, 0.3) is 0 Å². The fraction of sp³-hybridized carbons (Fsp3) is 0.739. The Hall–Kier alpha value is -1.07. The highest BCUT2D eigenvalue weighted by molar-refractivity contribution is 14.0. The van der Waals surface area contributed by atoms with Gasteiger partial charge >= 0.3 is 6.09 Å². The molecule has 2 aliphatic rings. The zero-order chi connectivity index (χ0) is 22.3. The van der Waals surface area contributed by atoms with Gasteiger partial charge in [0.2, 0.25) is 0 Å². The van der Waals surface area contributed by atoms with Crippen molar-refractivity contribution in [1.82, 2.24) is 20.4 Å². The standard InChI is InChI=1S/C23H39N5O2S.HI/c1-23(2,3)30-22(29)28-13-9-18(10-14-28)16-25-21(24-4)26-17-19(20-8-7-15-31-20)27-11-5-6-12-27;/h7-8,15,18-19H,5-6,9-14,16-17H2,1-4H3,(H2,24,25,26);1H. The maximum absolute atomic E-state index is 12.2. The Labute approximate surface area is 214 Å². The number of amides is 1. The first-order valence-corrected chi connectivity index (χ1v) is 12.4. The fourth-order valence-electron chi connectivity index (χ4n) is 4.24. The smallest absolute Gasteiger partial charge is 0.410 e. The summed E-state index contributed by atoms with van der Waals surface area (Å²) in [4.78, 5) is 22.5. The van der Waals surface area contributed by atoms with Gasteiger partial charge in [-0.3, -0.25) is 9.89 Å². The van der Waals surface area contributed by atoms with Gasteiger partial charge in [0.15, 0.2) is 5.96 Å². The van der Waals surface area contributed by atoms with Crippen molar-refractivity contribution >= 4 is 47.4 Å². The zero-order valence-electron chi connectivity index (χ0n) is 19.9. The predicted octanol–water partition coefficient (Wildman–Crippen LogP) is 4.32. The first-order chi connectivity index (χ1) is 14.9. The predicted molar refractivity (Wildman–Crippen MR) is 143 cm³/mol. The molecule has 182 valence electrons. The second-order valence-corrected chi connectivity index (χ2v) is 10.5. The number of likely N-dealkylation sites (tertiary alicyclic amines) is 2. The van der Waals surface area contributed by atoms with Crippen molar-refractivity contribution < 1.29 is 9.53 Å². The average molecular weight is 578 g/mol. The van der Waals surface area contributed by atoms with Crippen LogP contribution in [0.15, 0.2) is 22.5 Å². The van der Waals surface area contributed by atoms with Gasteiger partial charge in [-0.25, -0.2) is 4.79 Å². The number of hydrogen-bond acceptors (Lipinski definition) is 5. The van der Waals surface area contributed by atoms with Gasteiger partial charge in [0, 0.05) is 38.1 Å². The van der Waals surface area contributed by atoms with E-state index >= 15 is 0 Å². The van der Waals surface area contributed by atoms with Crippen molar-refractivity contribution in [2.45, 2.75) is 58.1 Å². The van der Waals surface area contributed by atoms with Gasteiger partial charge in [0.1, 0.15) is 5.60 Å². The Morgan fingerprint density at radius 3 is 2.47 bits per heavy atom. The van der Waals surface area contributed by atoms with Gasteiger partial charge in [0.25, 0.3) is 0 Å². The van der Waals surface area contributed by atoms with Gasteiger partial charge in [-0.15, -0.1) is 35.3 Å². The Kier molecular flexibility index (Phi) is 11.0. The topological polar surface area (TPSA) is 69.2 Å². The molecule has 0 saturated carbocycles. The molecule has 2 aliphatic heterocycles. The number of guanidine groups is 1. The molecule has 0 aromatic carbocycles. The van der Waals surface area contributed by atoms with Crippen molar-refractivity contribution in [2.24, 2.45) is 10.9 Å². The normalized spacial score (nSPS) is 19.4. The number of thiophene rings is 1. The van der Waals surface area contributed by atoms with Gasteiger partial charge in [-0.2, -0.15) is 0 Å². The highest BCUT2D eigenvalue weighted by atomic mass is 127. The number of aliphatic imine (C=N–C) groups is 1. The summed E-state index contributed by atoms with van der Waals surface area (Å²) in [6.07, 6.45) is 4.34. The third-order valence-electron chi connectivity index (χ3n) is 5.96. The molecule has 1 aromatic heterocycles. The molecule has 1 atom stereocenters. The lowest BCUT2D eigenvalue weighted by atomic mass is 9.97. The van der Waals surface area contributed by atoms with E-state index in [1.54, 1.807) is 0 Å². The van der Waals surface area contributed by atoms with E-state index in [9.17, 15) is 4.79 Å². The maximum atomic E-state index is 12.2. The van der Waals surface area contributed by atoms with E-state index in [1.165, 1.54) is 30.8 Å². The minimum atomic E-state index is -0.441. The van der Waals surface area contributed by atoms with Gasteiger partial charge in [-0.05, 0) is 76.9 Å². The van der Waals surface area contributed by atoms with Crippen LogP contribution in [0, 0.1) is 5.92 Å². The molecule has 2 saturated heterocycles. The number of nitrogens with zero attached hydrogens (tertiary/aromatic N) is 3. The van der Waals surface area contributed by atoms with Crippen LogP contribution < -0.4 is 10.6 Å². The van der Waals surface area contributed by atoms with Crippen LogP contribution in [0.1, 0.15) is 57.4 Å². The summed E-state index contributed by atoms with van der Waals surface area (Å²) in [7, 11) is 1.83. The van der Waals surface area contributed by atoms with Gasteiger partial charge in [0.05, 0.1) is 6.04 Å². The summed E-state index contributed by atoms with van der Waals surface area (Å²) >= 11 is 1.83. The monoisotopic (exact) mass is 577 g/mol. The molecule has 3 rings (SSSR count). The number of rotatable bonds is 6. The fourth-order valence-corrected chi connectivity index (χ4v) is 5.11. The van der Waals surface area contributed by atoms with Gasteiger partial charge in [-0.1, -0.05) is 6.07 Å². The molecule has 2 fully saturated rings. The van der Waals surface area contributed by atoms with Crippen LogP contribution in [-0.2, 0) is 4.74 Å². The van der Waals surface area contributed by atoms with Crippen molar-refractivity contribution in [1.29, 1.82) is 0 Å². The lowest BCUT2D eigenvalue weighted by molar-refractivity contribution is 0.0185. The highest BCUT2D eigenvalue weighted by Gasteiger charge is 2.27. The summed E-state index contributed by atoms with van der Waals surface area (Å²) in [5.41, 5.74) is -0.441. The van der Waals surface area contributed by atoms with Crippen LogP contribution in [0.5, 0.6) is 0 Å². The SMILES string of the molecule is CN=C(NCC1CCN(C(=O)OC(C)(C)C)CC1)NCC(c1cccs1)N1CCCC1.I. The molecule has 1 unspecified atom stereocenters. The molecule has 32 heavy (non-hydrogen) atoms. The minimum Gasteiger partial charge on any atom is -0.444 e. The minimum absolute atomic E-state index is 0. The number of nitrogens with one attached hydrogen (secondary N) is 2. The number of carbonyl (C=O) groups excluding carboxylic acids is 1. The lowest BCUT2D eigenvalue weighted by Crippen LogP contribution is -2.46. The molecule has 0 spiro atoms. The van der Waals surface area contributed by atoms with E-state index in [-0.39, 0.29) is 30.1 Å². The second kappa shape index (κ2) is 13.0. The van der Waals surface area contributed by atoms with Gasteiger partial charge < -0.3 is 20.3 Å². The van der Waals surface area contributed by atoms with Crippen LogP contribution in [0.4, 0.5) is 4.79 Å². The molecule has 9 heteroatoms. The zero-order valence-corrected chi connectivity index (χ0v) is 23.1. The van der Waals surface area contributed by atoms with Crippen LogP contribution in [0.3, 0.4) is 0 Å². The third kappa shape index (κ3) is 8.37. The molecule has 7 nitrogen and oxygen atoms in total. The summed E-state index contributed by atoms with van der Waals surface area (Å²) in [5.74, 6) is 1.39. The van der Waals surface area contributed by atoms with E-state index in [4.69, 9.17) is 4.74 Å². The number of carbonyl (C=O) groups is 1. The van der Waals surface area contributed by atoms with E-state index in [2.05, 4.69) is 38.0 Å². The van der Waals surface area contributed by atoms with E-state index in [0.29, 0.717) is 12.0 Å². The molecular formula is C23H40IN5O2S. The number of hydrogen-bond donors (Lipinski definition) is 2. The number of halogens is 1. The van der Waals surface area contributed by atoms with Crippen molar-refractivity contribution in [2.75, 3.05) is 46.3 Å². The summed E-state index contributed by atoms with van der Waals surface area (Å²) < 4.78 is 5.49. The van der Waals surface area contributed by atoms with Crippen LogP contribution in [0.2, 0.25) is 0 Å². The molecule has 2 N–H and O–H groups in total. The first-order valence-electron chi connectivity index (χ1n) is 11.6. The lowest BCUT2D eigenvalue weighted by Gasteiger charge is -2.33. The van der Waals surface area contributed by atoms with E-state index in [1.807, 2.05) is 44.1 Å². The molecule has 0 bridgehead atoms. The maximum Gasteiger partial charge on any atom is 0.410 e. The molecule has 3 heterocycles. The number of piperidine rings is 1. The molecule has 1 aromatic rings. The highest BCUT2D eigenvalue weighted by Crippen LogP contribution is 2.27. The summed E-state index contributed by atoms with van der Waals surface area (Å²) in [5, 5.41) is 9.21. The quantitative estimate of drug-likeness (QED) is 0.300. The van der Waals surface area contributed by atoms with Crippen molar-refractivity contribution in [3.63, 3.8) is 0 Å². The Bertz CT molecular complexity index is 708. The summed E-state index contributed by atoms with van der Waals surface area (Å²) in [6, 6.07) is 4.78. The summed E-state index contributed by atoms with van der Waals surface area (Å²) in [6.45, 7) is 11.3. The molecule has 1 amide bonds. The second-order valence-electron chi connectivity index (χ2n) is 9.52. The Morgan fingerprint density at radius 2 is 1.91 bits per heavy atom. The largest absolute Gasteiger partial charge is 0.444 e. The van der Waals surface area contributed by atoms with Crippen molar-refractivity contribution in [3.05, 3.63) is 22.4 Å². The van der Waals surface area contributed by atoms with E-state index < -0.39 is 5.60 Å². The van der Waals surface area contributed by atoms with Crippen LogP contribution >= 0.6 is 35.3 Å². The average Bonchev–Trinajstić information content (AvgIpc) is 3.44. The Morgan fingerprint density at radius 1 is 1.22 bits per heavy atom. The van der Waals surface area contributed by atoms with Crippen LogP contribution in [-0.4, -0.2) is 73.8 Å². The van der Waals surface area contributed by atoms with Crippen molar-refractivity contribution in [3.8, 4) is 0 Å². The Balaban J connectivity index is 0.00000363. The third-order valence-corrected chi connectivity index (χ3v) is 6.94. The van der Waals surface area contributed by atoms with E-state index in [0.717, 1.165) is 45.0 Å². The molecule has 0 aliphatic carbocycles. The number of ether oxygens (including phenoxy) is 1. The first kappa shape index (κ1) is 27.2. The molecular weight excluding hydrogens is 537 g/mol.